The molecule has 0 atom stereocenters. The maximum absolute atomic E-state index is 13.7. The number of hydrogen-bond acceptors (Lipinski definition) is 6. The Morgan fingerprint density at radius 3 is 2.48 bits per heavy atom. The highest BCUT2D eigenvalue weighted by Crippen LogP contribution is 2.26. The maximum Gasteiger partial charge on any atom is 0.338 e. The van der Waals surface area contributed by atoms with Crippen molar-refractivity contribution in [3.8, 4) is 0 Å². The Labute approximate surface area is 119 Å². The molecule has 116 valence electrons. The summed E-state index contributed by atoms with van der Waals surface area (Å²) in [6, 6.07) is 1.22. The molecule has 0 saturated carbocycles. The van der Waals surface area contributed by atoms with E-state index in [1.54, 1.807) is 13.8 Å². The van der Waals surface area contributed by atoms with Gasteiger partial charge in [0.15, 0.2) is 0 Å². The Kier molecular flexibility index (Phi) is 4.97. The number of nitrogens with two attached hydrogens (primary N) is 1. The zero-order valence-corrected chi connectivity index (χ0v) is 12.0. The second-order valence-electron chi connectivity index (χ2n) is 4.60. The lowest BCUT2D eigenvalue weighted by Crippen LogP contribution is -2.17. The highest BCUT2D eigenvalue weighted by atomic mass is 32.2. The predicted molar refractivity (Wildman–Crippen MR) is 69.5 cm³/mol. The molecule has 10 heteroatoms. The van der Waals surface area contributed by atoms with Gasteiger partial charge in [-0.05, 0) is 12.0 Å². The van der Waals surface area contributed by atoms with E-state index in [4.69, 9.17) is 9.88 Å². The predicted octanol–water partition coefficient (Wildman–Crippen LogP) is 1.19. The fourth-order valence-electron chi connectivity index (χ4n) is 1.37. The van der Waals surface area contributed by atoms with Crippen molar-refractivity contribution in [3.05, 3.63) is 33.6 Å². The minimum Gasteiger partial charge on any atom is -0.462 e. The molecule has 0 amide bonds. The molecular weight excluding hydrogens is 307 g/mol. The molecule has 2 N–H and O–H groups in total. The van der Waals surface area contributed by atoms with E-state index in [-0.39, 0.29) is 12.5 Å². The number of benzene rings is 1. The minimum atomic E-state index is -4.56. The van der Waals surface area contributed by atoms with Crippen molar-refractivity contribution in [1.82, 2.24) is 0 Å². The van der Waals surface area contributed by atoms with Crippen LogP contribution >= 0.6 is 0 Å². The van der Waals surface area contributed by atoms with Crippen molar-refractivity contribution in [2.24, 2.45) is 11.1 Å². The summed E-state index contributed by atoms with van der Waals surface area (Å²) in [7, 11) is -4.56. The van der Waals surface area contributed by atoms with E-state index in [9.17, 15) is 27.7 Å². The molecular formula is C11H13FN2O6S. The zero-order valence-electron chi connectivity index (χ0n) is 11.2. The number of ether oxygens (including phenoxy) is 1. The third-order valence-corrected chi connectivity index (χ3v) is 3.22. The first kappa shape index (κ1) is 17.0. The van der Waals surface area contributed by atoms with Gasteiger partial charge in [0.25, 0.3) is 0 Å². The lowest BCUT2D eigenvalue weighted by molar-refractivity contribution is -0.387. The minimum absolute atomic E-state index is 0.00194. The molecule has 0 unspecified atom stereocenters. The number of rotatable bonds is 5. The Hall–Kier alpha value is -2.07. The molecule has 0 aromatic heterocycles. The second-order valence-corrected chi connectivity index (χ2v) is 6.13. The summed E-state index contributed by atoms with van der Waals surface area (Å²) in [5.41, 5.74) is -1.63. The number of nitro benzene ring substituents is 1. The van der Waals surface area contributed by atoms with Crippen LogP contribution in [0.25, 0.3) is 0 Å². The van der Waals surface area contributed by atoms with Crippen molar-refractivity contribution in [3.63, 3.8) is 0 Å². The highest BCUT2D eigenvalue weighted by molar-refractivity contribution is 7.89. The van der Waals surface area contributed by atoms with Crippen molar-refractivity contribution < 1.29 is 27.3 Å². The van der Waals surface area contributed by atoms with Crippen LogP contribution in [0.1, 0.15) is 24.2 Å². The zero-order chi connectivity index (χ0) is 16.4. The topological polar surface area (TPSA) is 130 Å². The molecule has 0 heterocycles. The molecule has 1 aromatic carbocycles. The third kappa shape index (κ3) is 4.20. The Bertz CT molecular complexity index is 686. The molecule has 1 rings (SSSR count). The van der Waals surface area contributed by atoms with Gasteiger partial charge in [-0.1, -0.05) is 13.8 Å². The number of hydrogen-bond donors (Lipinski definition) is 1. The number of nitro groups is 1. The quantitative estimate of drug-likeness (QED) is 0.493. The first-order valence-corrected chi connectivity index (χ1v) is 7.26. The molecule has 21 heavy (non-hydrogen) atoms. The molecule has 0 saturated heterocycles. The van der Waals surface area contributed by atoms with Crippen molar-refractivity contribution in [2.45, 2.75) is 18.7 Å². The first-order chi connectivity index (χ1) is 9.54. The van der Waals surface area contributed by atoms with E-state index in [1.807, 2.05) is 0 Å². The molecule has 0 bridgehead atoms. The number of primary sulfonamides is 1. The fourth-order valence-corrected chi connectivity index (χ4v) is 2.01. The van der Waals surface area contributed by atoms with Gasteiger partial charge >= 0.3 is 11.7 Å². The summed E-state index contributed by atoms with van der Waals surface area (Å²) in [5, 5.41) is 15.5. The largest absolute Gasteiger partial charge is 0.462 e. The number of carbonyl (C=O) groups excluding carboxylic acids is 1. The molecule has 8 nitrogen and oxygen atoms in total. The van der Waals surface area contributed by atoms with E-state index in [1.165, 1.54) is 0 Å². The van der Waals surface area contributed by atoms with E-state index in [2.05, 4.69) is 0 Å². The summed E-state index contributed by atoms with van der Waals surface area (Å²) in [5.74, 6) is -2.62. The van der Waals surface area contributed by atoms with E-state index >= 15 is 0 Å². The average Bonchev–Trinajstić information content (AvgIpc) is 2.34. The van der Waals surface area contributed by atoms with Crippen LogP contribution in [0.5, 0.6) is 0 Å². The molecule has 0 radical (unpaired) electrons. The van der Waals surface area contributed by atoms with E-state index < -0.39 is 42.9 Å². The Morgan fingerprint density at radius 1 is 1.48 bits per heavy atom. The molecule has 0 aliphatic heterocycles. The van der Waals surface area contributed by atoms with Crippen molar-refractivity contribution in [2.75, 3.05) is 6.61 Å². The monoisotopic (exact) mass is 320 g/mol. The molecule has 0 spiro atoms. The van der Waals surface area contributed by atoms with Crippen LogP contribution in [-0.2, 0) is 14.8 Å². The number of sulfonamides is 1. The second kappa shape index (κ2) is 6.14. The molecule has 0 aliphatic carbocycles. The standard InChI is InChI=1S/C11H13FN2O6S/c1-6(2)5-20-11(15)7-3-8(14(16)17)10(12)9(4-7)21(13,18)19/h3-4,6H,5H2,1-2H3,(H2,13,18,19). The van der Waals surface area contributed by atoms with Gasteiger partial charge in [0.2, 0.25) is 15.8 Å². The van der Waals surface area contributed by atoms with Gasteiger partial charge in [-0.25, -0.2) is 18.4 Å². The lowest BCUT2D eigenvalue weighted by Gasteiger charge is -2.08. The Morgan fingerprint density at radius 2 is 2.05 bits per heavy atom. The molecule has 0 aliphatic rings. The van der Waals surface area contributed by atoms with Crippen LogP contribution in [0.3, 0.4) is 0 Å². The lowest BCUT2D eigenvalue weighted by atomic mass is 10.2. The van der Waals surface area contributed by atoms with Gasteiger partial charge in [-0.2, -0.15) is 4.39 Å². The SMILES string of the molecule is CC(C)COC(=O)c1cc([N+](=O)[O-])c(F)c(S(N)(=O)=O)c1. The first-order valence-electron chi connectivity index (χ1n) is 5.72. The van der Waals surface area contributed by atoms with Crippen molar-refractivity contribution >= 4 is 21.7 Å². The number of nitrogens with zero attached hydrogens (tertiary/aromatic N) is 1. The van der Waals surface area contributed by atoms with Gasteiger partial charge in [0.05, 0.1) is 17.1 Å². The molecule has 0 fully saturated rings. The third-order valence-electron chi connectivity index (χ3n) is 2.31. The van der Waals surface area contributed by atoms with Crippen LogP contribution in [0.4, 0.5) is 10.1 Å². The fraction of sp³-hybridized carbons (Fsp3) is 0.364. The number of esters is 1. The van der Waals surface area contributed by atoms with E-state index in [0.29, 0.717) is 12.1 Å². The van der Waals surface area contributed by atoms with Gasteiger partial charge in [0.1, 0.15) is 4.90 Å². The summed E-state index contributed by atoms with van der Waals surface area (Å²) in [6.07, 6.45) is 0. The maximum atomic E-state index is 13.7. The number of halogens is 1. The summed E-state index contributed by atoms with van der Waals surface area (Å²) in [4.78, 5) is 20.2. The average molecular weight is 320 g/mol. The van der Waals surface area contributed by atoms with Crippen LogP contribution in [0.2, 0.25) is 0 Å². The summed E-state index contributed by atoms with van der Waals surface area (Å²) < 4.78 is 41.0. The summed E-state index contributed by atoms with van der Waals surface area (Å²) in [6.45, 7) is 3.54. The van der Waals surface area contributed by atoms with Crippen LogP contribution < -0.4 is 5.14 Å². The Balaban J connectivity index is 3.38. The summed E-state index contributed by atoms with van der Waals surface area (Å²) >= 11 is 0. The normalized spacial score (nSPS) is 11.5. The highest BCUT2D eigenvalue weighted by Gasteiger charge is 2.28. The molecule has 1 aromatic rings. The number of carbonyl (C=O) groups is 1. The van der Waals surface area contributed by atoms with E-state index in [0.717, 1.165) is 0 Å². The van der Waals surface area contributed by atoms with Crippen LogP contribution in [0.15, 0.2) is 17.0 Å². The van der Waals surface area contributed by atoms with Crippen LogP contribution in [0, 0.1) is 21.8 Å². The van der Waals surface area contributed by atoms with Gasteiger partial charge in [0, 0.05) is 6.07 Å². The van der Waals surface area contributed by atoms with Gasteiger partial charge in [-0.15, -0.1) is 0 Å². The van der Waals surface area contributed by atoms with Gasteiger partial charge in [-0.3, -0.25) is 10.1 Å². The van der Waals surface area contributed by atoms with Crippen LogP contribution in [-0.4, -0.2) is 25.9 Å². The van der Waals surface area contributed by atoms with Gasteiger partial charge < -0.3 is 4.74 Å². The smallest absolute Gasteiger partial charge is 0.338 e. The van der Waals surface area contributed by atoms with Crippen molar-refractivity contribution in [1.29, 1.82) is 0 Å².